The number of hydrogen-bond donors (Lipinski definition) is 2. The SMILES string of the molecule is CNc1ccc(C(=O)NCc2cccc(C#N)c2)nn1. The van der Waals surface area contributed by atoms with Gasteiger partial charge in [0.2, 0.25) is 0 Å². The summed E-state index contributed by atoms with van der Waals surface area (Å²) < 4.78 is 0. The summed E-state index contributed by atoms with van der Waals surface area (Å²) in [6, 6.07) is 12.4. The molecule has 0 radical (unpaired) electrons. The Labute approximate surface area is 116 Å². The van der Waals surface area contributed by atoms with Crippen molar-refractivity contribution in [3.63, 3.8) is 0 Å². The van der Waals surface area contributed by atoms with Crippen molar-refractivity contribution in [3.8, 4) is 6.07 Å². The van der Waals surface area contributed by atoms with Crippen molar-refractivity contribution in [2.24, 2.45) is 0 Å². The number of nitriles is 1. The summed E-state index contributed by atoms with van der Waals surface area (Å²) in [4.78, 5) is 11.9. The van der Waals surface area contributed by atoms with Gasteiger partial charge in [0, 0.05) is 13.6 Å². The van der Waals surface area contributed by atoms with Crippen molar-refractivity contribution in [1.29, 1.82) is 5.26 Å². The second-order valence-corrected chi connectivity index (χ2v) is 4.05. The number of aromatic nitrogens is 2. The maximum absolute atomic E-state index is 11.9. The Morgan fingerprint density at radius 3 is 2.80 bits per heavy atom. The molecule has 2 aromatic rings. The Hall–Kier alpha value is -2.94. The number of nitrogens with one attached hydrogen (secondary N) is 2. The molecule has 0 saturated heterocycles. The average molecular weight is 267 g/mol. The summed E-state index contributed by atoms with van der Waals surface area (Å²) >= 11 is 0. The summed E-state index contributed by atoms with van der Waals surface area (Å²) in [5.74, 6) is 0.297. The molecule has 2 rings (SSSR count). The molecule has 0 fully saturated rings. The standard InChI is InChI=1S/C14H13N5O/c1-16-13-6-5-12(18-19-13)14(20)17-9-11-4-2-3-10(7-11)8-15/h2-7H,9H2,1H3,(H,16,19)(H,17,20). The minimum Gasteiger partial charge on any atom is -0.372 e. The number of rotatable bonds is 4. The van der Waals surface area contributed by atoms with E-state index in [4.69, 9.17) is 5.26 Å². The Bertz CT molecular complexity index is 645. The zero-order chi connectivity index (χ0) is 14.4. The molecule has 0 unspecified atom stereocenters. The van der Waals surface area contributed by atoms with E-state index < -0.39 is 0 Å². The minimum absolute atomic E-state index is 0.250. The lowest BCUT2D eigenvalue weighted by Crippen LogP contribution is -2.24. The van der Waals surface area contributed by atoms with E-state index in [1.54, 1.807) is 37.4 Å². The predicted octanol–water partition coefficient (Wildman–Crippen LogP) is 1.32. The Morgan fingerprint density at radius 2 is 2.15 bits per heavy atom. The van der Waals surface area contributed by atoms with Gasteiger partial charge >= 0.3 is 0 Å². The number of carbonyl (C=O) groups is 1. The van der Waals surface area contributed by atoms with Crippen LogP contribution in [0.3, 0.4) is 0 Å². The van der Waals surface area contributed by atoms with Gasteiger partial charge in [-0.1, -0.05) is 12.1 Å². The first kappa shape index (κ1) is 13.5. The van der Waals surface area contributed by atoms with Crippen LogP contribution in [0.4, 0.5) is 5.82 Å². The molecule has 0 atom stereocenters. The fraction of sp³-hybridized carbons (Fsp3) is 0.143. The highest BCUT2D eigenvalue weighted by atomic mass is 16.1. The fourth-order valence-electron chi connectivity index (χ4n) is 1.61. The molecule has 0 aliphatic heterocycles. The maximum atomic E-state index is 11.9. The lowest BCUT2D eigenvalue weighted by molar-refractivity contribution is 0.0945. The molecule has 1 aromatic heterocycles. The highest BCUT2D eigenvalue weighted by Gasteiger charge is 2.07. The molecule has 0 aliphatic rings. The van der Waals surface area contributed by atoms with Crippen LogP contribution in [0.2, 0.25) is 0 Å². The van der Waals surface area contributed by atoms with Crippen LogP contribution in [0, 0.1) is 11.3 Å². The first-order valence-electron chi connectivity index (χ1n) is 6.01. The van der Waals surface area contributed by atoms with E-state index in [9.17, 15) is 4.79 Å². The average Bonchev–Trinajstić information content (AvgIpc) is 2.53. The van der Waals surface area contributed by atoms with Crippen LogP contribution in [-0.4, -0.2) is 23.2 Å². The van der Waals surface area contributed by atoms with Crippen LogP contribution in [0.5, 0.6) is 0 Å². The Balaban J connectivity index is 1.99. The smallest absolute Gasteiger partial charge is 0.272 e. The zero-order valence-corrected chi connectivity index (χ0v) is 10.9. The zero-order valence-electron chi connectivity index (χ0n) is 10.9. The van der Waals surface area contributed by atoms with Crippen LogP contribution >= 0.6 is 0 Å². The van der Waals surface area contributed by atoms with E-state index in [1.807, 2.05) is 6.07 Å². The largest absolute Gasteiger partial charge is 0.372 e. The van der Waals surface area contributed by atoms with Crippen molar-refractivity contribution < 1.29 is 4.79 Å². The van der Waals surface area contributed by atoms with Crippen molar-refractivity contribution >= 4 is 11.7 Å². The van der Waals surface area contributed by atoms with Gasteiger partial charge in [-0.25, -0.2) is 0 Å². The van der Waals surface area contributed by atoms with Gasteiger partial charge in [0.1, 0.15) is 5.82 Å². The van der Waals surface area contributed by atoms with Crippen molar-refractivity contribution in [2.45, 2.75) is 6.54 Å². The van der Waals surface area contributed by atoms with Crippen LogP contribution in [0.1, 0.15) is 21.6 Å². The summed E-state index contributed by atoms with van der Waals surface area (Å²) in [7, 11) is 1.73. The molecule has 20 heavy (non-hydrogen) atoms. The number of nitrogens with zero attached hydrogens (tertiary/aromatic N) is 3. The highest BCUT2D eigenvalue weighted by Crippen LogP contribution is 2.05. The van der Waals surface area contributed by atoms with E-state index in [0.717, 1.165) is 5.56 Å². The quantitative estimate of drug-likeness (QED) is 0.871. The molecule has 100 valence electrons. The van der Waals surface area contributed by atoms with Crippen molar-refractivity contribution in [3.05, 3.63) is 53.2 Å². The van der Waals surface area contributed by atoms with Crippen LogP contribution < -0.4 is 10.6 Å². The Morgan fingerprint density at radius 1 is 1.30 bits per heavy atom. The van der Waals surface area contributed by atoms with Gasteiger partial charge in [0.05, 0.1) is 11.6 Å². The molecule has 6 nitrogen and oxygen atoms in total. The molecule has 1 amide bonds. The molecular weight excluding hydrogens is 254 g/mol. The topological polar surface area (TPSA) is 90.7 Å². The van der Waals surface area contributed by atoms with Gasteiger partial charge in [-0.3, -0.25) is 4.79 Å². The molecule has 0 saturated carbocycles. The molecule has 2 N–H and O–H groups in total. The molecule has 1 heterocycles. The minimum atomic E-state index is -0.303. The van der Waals surface area contributed by atoms with Gasteiger partial charge in [-0.05, 0) is 29.8 Å². The fourth-order valence-corrected chi connectivity index (χ4v) is 1.61. The van der Waals surface area contributed by atoms with Crippen molar-refractivity contribution in [1.82, 2.24) is 15.5 Å². The highest BCUT2D eigenvalue weighted by molar-refractivity contribution is 5.92. The first-order chi connectivity index (χ1) is 9.72. The van der Waals surface area contributed by atoms with Crippen LogP contribution in [-0.2, 0) is 6.54 Å². The molecule has 1 aromatic carbocycles. The predicted molar refractivity (Wildman–Crippen MR) is 73.9 cm³/mol. The van der Waals surface area contributed by atoms with E-state index in [1.165, 1.54) is 0 Å². The third-order valence-corrected chi connectivity index (χ3v) is 2.66. The summed E-state index contributed by atoms with van der Waals surface area (Å²) in [6.07, 6.45) is 0. The van der Waals surface area contributed by atoms with Crippen molar-refractivity contribution in [2.75, 3.05) is 12.4 Å². The monoisotopic (exact) mass is 267 g/mol. The van der Waals surface area contributed by atoms with E-state index in [2.05, 4.69) is 26.9 Å². The first-order valence-corrected chi connectivity index (χ1v) is 6.01. The summed E-state index contributed by atoms with van der Waals surface area (Å²) in [5.41, 5.74) is 1.67. The number of benzene rings is 1. The molecular formula is C14H13N5O. The Kier molecular flexibility index (Phi) is 4.24. The normalized spacial score (nSPS) is 9.60. The maximum Gasteiger partial charge on any atom is 0.272 e. The number of anilines is 1. The number of amides is 1. The third-order valence-electron chi connectivity index (χ3n) is 2.66. The van der Waals surface area contributed by atoms with Crippen LogP contribution in [0.15, 0.2) is 36.4 Å². The second kappa shape index (κ2) is 6.29. The van der Waals surface area contributed by atoms with Gasteiger partial charge in [-0.2, -0.15) is 5.26 Å². The molecule has 0 aliphatic carbocycles. The second-order valence-electron chi connectivity index (χ2n) is 4.05. The van der Waals surface area contributed by atoms with Crippen LogP contribution in [0.25, 0.3) is 0 Å². The van der Waals surface area contributed by atoms with Gasteiger partial charge in [0.15, 0.2) is 5.69 Å². The lowest BCUT2D eigenvalue weighted by Gasteiger charge is -2.05. The molecule has 0 bridgehead atoms. The number of hydrogen-bond acceptors (Lipinski definition) is 5. The summed E-state index contributed by atoms with van der Waals surface area (Å²) in [5, 5.41) is 22.0. The number of carbonyl (C=O) groups excluding carboxylic acids is 1. The molecule has 6 heteroatoms. The third kappa shape index (κ3) is 3.29. The molecule has 0 spiro atoms. The lowest BCUT2D eigenvalue weighted by atomic mass is 10.1. The van der Waals surface area contributed by atoms with Gasteiger partial charge in [0.25, 0.3) is 5.91 Å². The van der Waals surface area contributed by atoms with Gasteiger partial charge in [-0.15, -0.1) is 10.2 Å². The van der Waals surface area contributed by atoms with E-state index >= 15 is 0 Å². The van der Waals surface area contributed by atoms with Gasteiger partial charge < -0.3 is 10.6 Å². The van der Waals surface area contributed by atoms with E-state index in [0.29, 0.717) is 17.9 Å². The summed E-state index contributed by atoms with van der Waals surface area (Å²) in [6.45, 7) is 0.337. The van der Waals surface area contributed by atoms with E-state index in [-0.39, 0.29) is 11.6 Å².